The van der Waals surface area contributed by atoms with Crippen molar-refractivity contribution in [3.8, 4) is 0 Å². The predicted molar refractivity (Wildman–Crippen MR) is 161 cm³/mol. The summed E-state index contributed by atoms with van der Waals surface area (Å²) in [6, 6.07) is 21.2. The first kappa shape index (κ1) is 35.0. The molecule has 10 heteroatoms. The average molecular weight is 593 g/mol. The minimum Gasteiger partial charge on any atom is -0.467 e. The Bertz CT molecular complexity index is 883. The van der Waals surface area contributed by atoms with Crippen LogP contribution in [0.15, 0.2) is 60.7 Å². The van der Waals surface area contributed by atoms with Gasteiger partial charge in [-0.25, -0.2) is 4.79 Å². The fourth-order valence-corrected chi connectivity index (χ4v) is 8.87. The maximum atomic E-state index is 10.9. The summed E-state index contributed by atoms with van der Waals surface area (Å²) >= 11 is 0. The lowest BCUT2D eigenvalue weighted by atomic mass is 10.2. The van der Waals surface area contributed by atoms with E-state index in [2.05, 4.69) is 74.0 Å². The molecule has 0 fully saturated rings. The number of carbonyl (C=O) groups excluding carboxylic acids is 1. The summed E-state index contributed by atoms with van der Waals surface area (Å²) in [7, 11) is -1.21. The van der Waals surface area contributed by atoms with E-state index in [1.165, 1.54) is 17.5 Å². The summed E-state index contributed by atoms with van der Waals surface area (Å²) in [4.78, 5) is 10.9. The number of carbonyl (C=O) groups is 1. The summed E-state index contributed by atoms with van der Waals surface area (Å²) in [5.41, 5.74) is 0. The van der Waals surface area contributed by atoms with Gasteiger partial charge in [-0.05, 0) is 15.4 Å². The first-order valence-electron chi connectivity index (χ1n) is 14.2. The highest BCUT2D eigenvalue weighted by Gasteiger charge is 2.49. The van der Waals surface area contributed by atoms with E-state index < -0.39 is 14.3 Å². The van der Waals surface area contributed by atoms with Gasteiger partial charge in [0.05, 0.1) is 86.4 Å². The van der Waals surface area contributed by atoms with Crippen molar-refractivity contribution in [2.45, 2.75) is 25.8 Å². The van der Waals surface area contributed by atoms with Gasteiger partial charge in [-0.15, -0.1) is 0 Å². The lowest BCUT2D eigenvalue weighted by molar-refractivity contribution is -0.146. The first-order chi connectivity index (χ1) is 19.9. The number of benzene rings is 2. The molecule has 0 heterocycles. The van der Waals surface area contributed by atoms with Gasteiger partial charge in [0.15, 0.2) is 0 Å². The van der Waals surface area contributed by atoms with E-state index in [1.54, 1.807) is 0 Å². The summed E-state index contributed by atoms with van der Waals surface area (Å²) < 4.78 is 44.1. The van der Waals surface area contributed by atoms with Crippen LogP contribution in [0.5, 0.6) is 0 Å². The second-order valence-corrected chi connectivity index (χ2v) is 14.5. The second kappa shape index (κ2) is 20.7. The van der Waals surface area contributed by atoms with Gasteiger partial charge in [0.2, 0.25) is 0 Å². The van der Waals surface area contributed by atoms with Crippen molar-refractivity contribution in [2.24, 2.45) is 0 Å². The molecule has 41 heavy (non-hydrogen) atoms. The van der Waals surface area contributed by atoms with Gasteiger partial charge in [-0.2, -0.15) is 0 Å². The molecule has 0 amide bonds. The molecular formula is C31H48O9Si. The van der Waals surface area contributed by atoms with E-state index in [1.807, 2.05) is 12.1 Å². The molecule has 0 saturated heterocycles. The van der Waals surface area contributed by atoms with Crippen LogP contribution in [0, 0.1) is 0 Å². The van der Waals surface area contributed by atoms with Crippen LogP contribution in [0.25, 0.3) is 0 Å². The zero-order chi connectivity index (χ0) is 29.7. The molecule has 0 aromatic heterocycles. The molecule has 230 valence electrons. The zero-order valence-electron chi connectivity index (χ0n) is 25.1. The molecule has 9 nitrogen and oxygen atoms in total. The minimum atomic E-state index is -2.53. The van der Waals surface area contributed by atoms with Crippen LogP contribution in [0.3, 0.4) is 0 Å². The van der Waals surface area contributed by atoms with Crippen LogP contribution >= 0.6 is 0 Å². The van der Waals surface area contributed by atoms with Crippen molar-refractivity contribution in [1.29, 1.82) is 0 Å². The van der Waals surface area contributed by atoms with Crippen molar-refractivity contribution >= 4 is 24.7 Å². The molecule has 2 aromatic carbocycles. The molecule has 0 aliphatic rings. The van der Waals surface area contributed by atoms with Crippen LogP contribution in [-0.2, 0) is 42.4 Å². The van der Waals surface area contributed by atoms with E-state index in [4.69, 9.17) is 32.8 Å². The van der Waals surface area contributed by atoms with Crippen molar-refractivity contribution in [3.63, 3.8) is 0 Å². The Balaban J connectivity index is 1.51. The molecule has 0 N–H and O–H groups in total. The van der Waals surface area contributed by atoms with Crippen LogP contribution in [0.1, 0.15) is 20.8 Å². The Morgan fingerprint density at radius 3 is 1.24 bits per heavy atom. The topological polar surface area (TPSA) is 90.9 Å². The van der Waals surface area contributed by atoms with Gasteiger partial charge in [-0.3, -0.25) is 0 Å². The third-order valence-corrected chi connectivity index (χ3v) is 11.3. The Hall–Kier alpha value is -2.15. The standard InChI is InChI=1S/C31H48O9Si/c1-31(2,3)41(28-11-7-5-8-12-28,29-13-9-6-10-14-29)40-26-25-38-22-21-36-18-17-34-15-16-35-19-20-37-23-24-39-27-30(32)33-4/h5-14H,15-27H2,1-4H3. The molecular weight excluding hydrogens is 544 g/mol. The van der Waals surface area contributed by atoms with Gasteiger partial charge < -0.3 is 37.6 Å². The molecule has 0 aliphatic heterocycles. The van der Waals surface area contributed by atoms with E-state index >= 15 is 0 Å². The minimum absolute atomic E-state index is 0.0548. The fraction of sp³-hybridized carbons (Fsp3) is 0.581. The van der Waals surface area contributed by atoms with Crippen LogP contribution in [-0.4, -0.2) is 107 Å². The van der Waals surface area contributed by atoms with Crippen molar-refractivity contribution < 1.29 is 42.4 Å². The Morgan fingerprint density at radius 1 is 0.561 bits per heavy atom. The SMILES string of the molecule is COC(=O)COCCOCCOCCOCCOCCOCCO[Si](c1ccccc1)(c1ccccc1)C(C)(C)C. The van der Waals surface area contributed by atoms with Crippen molar-refractivity contribution in [2.75, 3.05) is 93.0 Å². The normalized spacial score (nSPS) is 12.0. The maximum absolute atomic E-state index is 10.9. The van der Waals surface area contributed by atoms with E-state index in [-0.39, 0.29) is 11.6 Å². The van der Waals surface area contributed by atoms with Crippen molar-refractivity contribution in [1.82, 2.24) is 0 Å². The van der Waals surface area contributed by atoms with E-state index in [9.17, 15) is 4.79 Å². The number of ether oxygens (including phenoxy) is 7. The van der Waals surface area contributed by atoms with Gasteiger partial charge in [0, 0.05) is 0 Å². The molecule has 2 rings (SSSR count). The molecule has 0 bridgehead atoms. The van der Waals surface area contributed by atoms with Gasteiger partial charge >= 0.3 is 5.97 Å². The summed E-state index contributed by atoms with van der Waals surface area (Å²) in [6.45, 7) is 12.4. The Kier molecular flexibility index (Phi) is 17.7. The largest absolute Gasteiger partial charge is 0.467 e. The second-order valence-electron chi connectivity index (χ2n) is 10.2. The smallest absolute Gasteiger partial charge is 0.331 e. The van der Waals surface area contributed by atoms with Crippen LogP contribution < -0.4 is 10.4 Å². The summed E-state index contributed by atoms with van der Waals surface area (Å²) in [5, 5.41) is 2.47. The number of hydrogen-bond donors (Lipinski definition) is 0. The third kappa shape index (κ3) is 13.1. The quantitative estimate of drug-likeness (QED) is 0.110. The highest BCUT2D eigenvalue weighted by molar-refractivity contribution is 6.99. The Morgan fingerprint density at radius 2 is 0.902 bits per heavy atom. The lowest BCUT2D eigenvalue weighted by Gasteiger charge is -2.43. The molecule has 0 atom stereocenters. The monoisotopic (exact) mass is 592 g/mol. The molecule has 0 spiro atoms. The van der Waals surface area contributed by atoms with Crippen LogP contribution in [0.4, 0.5) is 0 Å². The summed E-state index contributed by atoms with van der Waals surface area (Å²) in [6.07, 6.45) is 0. The number of hydrogen-bond acceptors (Lipinski definition) is 9. The fourth-order valence-electron chi connectivity index (χ4n) is 4.33. The average Bonchev–Trinajstić information content (AvgIpc) is 2.98. The van der Waals surface area contributed by atoms with E-state index in [0.29, 0.717) is 79.3 Å². The number of rotatable bonds is 23. The number of esters is 1. The highest BCUT2D eigenvalue weighted by Crippen LogP contribution is 2.36. The van der Waals surface area contributed by atoms with Gasteiger partial charge in [0.1, 0.15) is 6.61 Å². The molecule has 0 unspecified atom stereocenters. The van der Waals surface area contributed by atoms with Gasteiger partial charge in [0.25, 0.3) is 8.32 Å². The summed E-state index contributed by atoms with van der Waals surface area (Å²) in [5.74, 6) is -0.403. The van der Waals surface area contributed by atoms with E-state index in [0.717, 1.165) is 0 Å². The molecule has 0 saturated carbocycles. The Labute approximate surface area is 246 Å². The van der Waals surface area contributed by atoms with Crippen LogP contribution in [0.2, 0.25) is 5.04 Å². The number of methoxy groups -OCH3 is 1. The van der Waals surface area contributed by atoms with Crippen molar-refractivity contribution in [3.05, 3.63) is 60.7 Å². The highest BCUT2D eigenvalue weighted by atomic mass is 28.4. The lowest BCUT2D eigenvalue weighted by Crippen LogP contribution is -2.66. The molecule has 0 radical (unpaired) electrons. The predicted octanol–water partition coefficient (Wildman–Crippen LogP) is 2.84. The maximum Gasteiger partial charge on any atom is 0.331 e. The molecule has 0 aliphatic carbocycles. The zero-order valence-corrected chi connectivity index (χ0v) is 26.1. The third-order valence-electron chi connectivity index (χ3n) is 6.27. The first-order valence-corrected chi connectivity index (χ1v) is 16.1. The van der Waals surface area contributed by atoms with Gasteiger partial charge in [-0.1, -0.05) is 81.4 Å². The molecule has 2 aromatic rings.